The first kappa shape index (κ1) is 23.6. The van der Waals surface area contributed by atoms with Gasteiger partial charge in [0.1, 0.15) is 24.2 Å². The van der Waals surface area contributed by atoms with Gasteiger partial charge in [0.15, 0.2) is 5.82 Å². The van der Waals surface area contributed by atoms with Crippen LogP contribution in [-0.2, 0) is 9.53 Å². The quantitative estimate of drug-likeness (QED) is 0.468. The Labute approximate surface area is 207 Å². The largest absolute Gasteiger partial charge is 0.474 e. The van der Waals surface area contributed by atoms with Crippen LogP contribution >= 0.6 is 0 Å². The van der Waals surface area contributed by atoms with E-state index in [0.29, 0.717) is 41.9 Å². The zero-order valence-electron chi connectivity index (χ0n) is 20.2. The fourth-order valence-corrected chi connectivity index (χ4v) is 4.62. The minimum absolute atomic E-state index is 0.0358. The van der Waals surface area contributed by atoms with E-state index in [0.717, 1.165) is 11.3 Å². The van der Waals surface area contributed by atoms with Crippen molar-refractivity contribution in [3.05, 3.63) is 35.9 Å². The third kappa shape index (κ3) is 4.21. The molecule has 1 atom stereocenters. The number of nitrogens with zero attached hydrogens (tertiary/aromatic N) is 3. The van der Waals surface area contributed by atoms with Crippen molar-refractivity contribution < 1.29 is 23.5 Å². The van der Waals surface area contributed by atoms with Gasteiger partial charge < -0.3 is 25.4 Å². The van der Waals surface area contributed by atoms with Crippen LogP contribution in [0.4, 0.5) is 26.4 Å². The molecule has 1 unspecified atom stereocenters. The van der Waals surface area contributed by atoms with Crippen LogP contribution in [0.2, 0.25) is 0 Å². The van der Waals surface area contributed by atoms with Gasteiger partial charge in [-0.1, -0.05) is 0 Å². The van der Waals surface area contributed by atoms with Gasteiger partial charge in [0.25, 0.3) is 0 Å². The summed E-state index contributed by atoms with van der Waals surface area (Å²) in [6.07, 6.45) is 1.85. The maximum Gasteiger partial charge on any atom is 0.413 e. The average molecular weight is 495 g/mol. The van der Waals surface area contributed by atoms with Gasteiger partial charge in [-0.3, -0.25) is 10.1 Å². The Morgan fingerprint density at radius 3 is 2.86 bits per heavy atom. The molecule has 188 valence electrons. The number of carbonyl (C=O) groups excluding carboxylic acids is 2. The van der Waals surface area contributed by atoms with E-state index in [4.69, 9.17) is 15.2 Å². The van der Waals surface area contributed by atoms with Crippen molar-refractivity contribution in [3.8, 4) is 17.0 Å². The van der Waals surface area contributed by atoms with Gasteiger partial charge in [-0.05, 0) is 43.9 Å². The summed E-state index contributed by atoms with van der Waals surface area (Å²) in [7, 11) is 0. The van der Waals surface area contributed by atoms with Crippen LogP contribution in [0.5, 0.6) is 5.88 Å². The summed E-state index contributed by atoms with van der Waals surface area (Å²) in [6, 6.07) is 3.28. The highest BCUT2D eigenvalue weighted by Gasteiger charge is 2.33. The minimum atomic E-state index is -0.721. The fourth-order valence-electron chi connectivity index (χ4n) is 4.62. The Morgan fingerprint density at radius 2 is 2.11 bits per heavy atom. The SMILES string of the molecule is Cc1c(-c2cc3cc(NC(=O)OC4CC(=O)N(C(C)C)C4)ncc3c(N)c2F)cnc2c1NCCO2. The number of hydrogen-bond donors (Lipinski definition) is 3. The number of fused-ring (bicyclic) bond motifs is 2. The molecule has 0 spiro atoms. The molecule has 2 amide bonds. The molecule has 2 aliphatic heterocycles. The lowest BCUT2D eigenvalue weighted by molar-refractivity contribution is -0.129. The normalized spacial score (nSPS) is 17.1. The third-order valence-corrected chi connectivity index (χ3v) is 6.49. The Bertz CT molecular complexity index is 1380. The van der Waals surface area contributed by atoms with Gasteiger partial charge in [0, 0.05) is 41.5 Å². The van der Waals surface area contributed by atoms with E-state index in [1.165, 1.54) is 6.20 Å². The third-order valence-electron chi connectivity index (χ3n) is 6.49. The molecule has 5 rings (SSSR count). The maximum atomic E-state index is 15.3. The van der Waals surface area contributed by atoms with E-state index in [1.807, 2.05) is 20.8 Å². The van der Waals surface area contributed by atoms with E-state index in [9.17, 15) is 9.59 Å². The van der Waals surface area contributed by atoms with Gasteiger partial charge in [-0.2, -0.15) is 0 Å². The number of carbonyl (C=O) groups is 2. The lowest BCUT2D eigenvalue weighted by atomic mass is 9.97. The number of nitrogens with two attached hydrogens (primary N) is 1. The van der Waals surface area contributed by atoms with E-state index >= 15 is 4.39 Å². The summed E-state index contributed by atoms with van der Waals surface area (Å²) >= 11 is 0. The second-order valence-corrected chi connectivity index (χ2v) is 9.19. The molecule has 1 saturated heterocycles. The zero-order chi connectivity index (χ0) is 25.6. The number of benzene rings is 1. The highest BCUT2D eigenvalue weighted by Crippen LogP contribution is 2.39. The minimum Gasteiger partial charge on any atom is -0.474 e. The van der Waals surface area contributed by atoms with Crippen molar-refractivity contribution in [2.75, 3.05) is 36.1 Å². The Balaban J connectivity index is 1.41. The van der Waals surface area contributed by atoms with Crippen LogP contribution in [0.15, 0.2) is 24.5 Å². The lowest BCUT2D eigenvalue weighted by Gasteiger charge is -2.22. The average Bonchev–Trinajstić information content (AvgIpc) is 3.22. The van der Waals surface area contributed by atoms with Crippen LogP contribution < -0.4 is 21.1 Å². The molecule has 3 aromatic rings. The van der Waals surface area contributed by atoms with Crippen molar-refractivity contribution >= 4 is 40.0 Å². The van der Waals surface area contributed by atoms with Gasteiger partial charge >= 0.3 is 6.09 Å². The second kappa shape index (κ2) is 9.14. The zero-order valence-corrected chi connectivity index (χ0v) is 20.2. The molecule has 0 saturated carbocycles. The highest BCUT2D eigenvalue weighted by molar-refractivity contribution is 5.99. The first-order valence-electron chi connectivity index (χ1n) is 11.7. The van der Waals surface area contributed by atoms with Crippen molar-refractivity contribution in [3.63, 3.8) is 0 Å². The van der Waals surface area contributed by atoms with Crippen LogP contribution in [0.3, 0.4) is 0 Å². The van der Waals surface area contributed by atoms with Crippen LogP contribution in [0.1, 0.15) is 25.8 Å². The summed E-state index contributed by atoms with van der Waals surface area (Å²) in [4.78, 5) is 34.7. The molecule has 2 aliphatic rings. The van der Waals surface area contributed by atoms with E-state index in [2.05, 4.69) is 20.6 Å². The van der Waals surface area contributed by atoms with Gasteiger partial charge in [0.05, 0.1) is 18.7 Å². The lowest BCUT2D eigenvalue weighted by Crippen LogP contribution is -2.33. The van der Waals surface area contributed by atoms with Crippen molar-refractivity contribution in [1.82, 2.24) is 14.9 Å². The number of ether oxygens (including phenoxy) is 2. The van der Waals surface area contributed by atoms with Gasteiger partial charge in [-0.25, -0.2) is 19.2 Å². The molecule has 2 aromatic heterocycles. The molecule has 4 N–H and O–H groups in total. The standard InChI is InChI=1S/C25H27FN6O4/c1-12(2)32-11-15(8-20(32)33)36-25(34)31-19-7-14-6-16(21(26)22(27)18(14)10-29-19)17-9-30-24-23(13(17)3)28-4-5-35-24/h6-7,9-10,12,15,28H,4-5,8,11,27H2,1-3H3,(H,29,31,34). The number of amides is 2. The summed E-state index contributed by atoms with van der Waals surface area (Å²) in [5.41, 5.74) is 8.44. The number of hydrogen-bond acceptors (Lipinski definition) is 8. The smallest absolute Gasteiger partial charge is 0.413 e. The van der Waals surface area contributed by atoms with Crippen molar-refractivity contribution in [2.24, 2.45) is 0 Å². The monoisotopic (exact) mass is 494 g/mol. The summed E-state index contributed by atoms with van der Waals surface area (Å²) in [5.74, 6) is 0.0631. The summed E-state index contributed by atoms with van der Waals surface area (Å²) < 4.78 is 26.3. The van der Waals surface area contributed by atoms with Gasteiger partial charge in [-0.15, -0.1) is 0 Å². The predicted molar refractivity (Wildman–Crippen MR) is 133 cm³/mol. The van der Waals surface area contributed by atoms with Crippen molar-refractivity contribution in [1.29, 1.82) is 0 Å². The molecular weight excluding hydrogens is 467 g/mol. The molecular formula is C25H27FN6O4. The van der Waals surface area contributed by atoms with E-state index < -0.39 is 18.0 Å². The van der Waals surface area contributed by atoms with E-state index in [-0.39, 0.29) is 35.4 Å². The second-order valence-electron chi connectivity index (χ2n) is 9.19. The number of anilines is 3. The molecule has 0 bridgehead atoms. The molecule has 4 heterocycles. The van der Waals surface area contributed by atoms with Crippen LogP contribution in [0, 0.1) is 12.7 Å². The number of likely N-dealkylation sites (tertiary alicyclic amines) is 1. The van der Waals surface area contributed by atoms with Gasteiger partial charge in [0.2, 0.25) is 11.8 Å². The Kier molecular flexibility index (Phi) is 5.99. The first-order valence-corrected chi connectivity index (χ1v) is 11.7. The van der Waals surface area contributed by atoms with Crippen molar-refractivity contribution in [2.45, 2.75) is 39.3 Å². The van der Waals surface area contributed by atoms with Crippen LogP contribution in [-0.4, -0.2) is 58.7 Å². The highest BCUT2D eigenvalue weighted by atomic mass is 19.1. The molecule has 1 aromatic carbocycles. The molecule has 0 aliphatic carbocycles. The fraction of sp³-hybridized carbons (Fsp3) is 0.360. The summed E-state index contributed by atoms with van der Waals surface area (Å²) in [5, 5.41) is 6.83. The van der Waals surface area contributed by atoms with Crippen LogP contribution in [0.25, 0.3) is 21.9 Å². The number of aromatic nitrogens is 2. The van der Waals surface area contributed by atoms with E-state index in [1.54, 1.807) is 23.2 Å². The summed E-state index contributed by atoms with van der Waals surface area (Å²) in [6.45, 7) is 7.17. The number of halogens is 1. The number of rotatable bonds is 4. The Hall–Kier alpha value is -4.15. The first-order chi connectivity index (χ1) is 17.2. The molecule has 11 heteroatoms. The number of nitrogen functional groups attached to an aromatic ring is 1. The number of pyridine rings is 2. The molecule has 1 fully saturated rings. The topological polar surface area (TPSA) is 132 Å². The molecule has 10 nitrogen and oxygen atoms in total. The molecule has 0 radical (unpaired) electrons. The molecule has 36 heavy (non-hydrogen) atoms. The number of nitrogens with one attached hydrogen (secondary N) is 2. The predicted octanol–water partition coefficient (Wildman–Crippen LogP) is 3.69. The Morgan fingerprint density at radius 1 is 1.31 bits per heavy atom. The maximum absolute atomic E-state index is 15.3.